The minimum atomic E-state index is -4.82. The number of esters is 1. The molecule has 2 heterocycles. The highest BCUT2D eigenvalue weighted by Gasteiger charge is 2.45. The third kappa shape index (κ3) is 5.61. The number of nitrogens with zero attached hydrogens (tertiary/aromatic N) is 1. The summed E-state index contributed by atoms with van der Waals surface area (Å²) in [6, 6.07) is 6.46. The van der Waals surface area contributed by atoms with E-state index >= 15 is 0 Å². The molecule has 1 amide bonds. The second kappa shape index (κ2) is 10.8. The van der Waals surface area contributed by atoms with Crippen molar-refractivity contribution in [1.29, 1.82) is 0 Å². The second-order valence-corrected chi connectivity index (χ2v) is 11.1. The Kier molecular flexibility index (Phi) is 7.69. The molecule has 0 spiro atoms. The van der Waals surface area contributed by atoms with E-state index in [2.05, 4.69) is 0 Å². The van der Waals surface area contributed by atoms with E-state index in [1.165, 1.54) is 37.4 Å². The minimum absolute atomic E-state index is 0.00232. The van der Waals surface area contributed by atoms with Crippen LogP contribution < -0.4 is 4.74 Å². The Hall–Kier alpha value is -2.98. The van der Waals surface area contributed by atoms with Crippen molar-refractivity contribution >= 4 is 22.6 Å². The maximum atomic E-state index is 14.4. The molecule has 2 unspecified atom stereocenters. The molecular formula is C29H31F6NO4. The Labute approximate surface area is 227 Å². The zero-order chi connectivity index (χ0) is 28.8. The van der Waals surface area contributed by atoms with E-state index in [9.17, 15) is 35.9 Å². The van der Waals surface area contributed by atoms with Crippen LogP contribution in [0.2, 0.25) is 0 Å². The van der Waals surface area contributed by atoms with Crippen molar-refractivity contribution in [3.05, 3.63) is 41.5 Å². The summed E-state index contributed by atoms with van der Waals surface area (Å²) in [5, 5.41) is 0.0658. The van der Waals surface area contributed by atoms with Gasteiger partial charge >= 0.3 is 18.3 Å². The van der Waals surface area contributed by atoms with Crippen LogP contribution in [0.3, 0.4) is 0 Å². The zero-order valence-electron chi connectivity index (χ0n) is 22.0. The Morgan fingerprint density at radius 3 is 2.08 bits per heavy atom. The summed E-state index contributed by atoms with van der Waals surface area (Å²) in [5.41, 5.74) is -0.934. The quantitative estimate of drug-likeness (QED) is 0.285. The van der Waals surface area contributed by atoms with Crippen molar-refractivity contribution in [3.8, 4) is 5.75 Å². The molecule has 1 saturated carbocycles. The summed E-state index contributed by atoms with van der Waals surface area (Å²) in [6.07, 6.45) is -7.12. The highest BCUT2D eigenvalue weighted by atomic mass is 19.4. The van der Waals surface area contributed by atoms with Crippen LogP contribution in [0, 0.1) is 11.8 Å². The second-order valence-electron chi connectivity index (χ2n) is 11.1. The Morgan fingerprint density at radius 2 is 1.50 bits per heavy atom. The van der Waals surface area contributed by atoms with Crippen molar-refractivity contribution in [2.45, 2.75) is 88.3 Å². The van der Waals surface area contributed by atoms with Gasteiger partial charge in [-0.15, -0.1) is 0 Å². The van der Waals surface area contributed by atoms with Gasteiger partial charge in [0.25, 0.3) is 5.91 Å². The van der Waals surface area contributed by atoms with E-state index in [-0.39, 0.29) is 71.9 Å². The number of methoxy groups -OCH3 is 1. The van der Waals surface area contributed by atoms with Crippen LogP contribution in [0.1, 0.15) is 73.7 Å². The van der Waals surface area contributed by atoms with E-state index in [0.717, 1.165) is 6.42 Å². The average molecular weight is 572 g/mol. The first-order valence-electron chi connectivity index (χ1n) is 13.6. The van der Waals surface area contributed by atoms with Gasteiger partial charge in [-0.3, -0.25) is 9.59 Å². The van der Waals surface area contributed by atoms with Crippen molar-refractivity contribution in [2.24, 2.45) is 11.8 Å². The molecule has 3 fully saturated rings. The number of hydrogen-bond acceptors (Lipinski definition) is 4. The third-order valence-corrected chi connectivity index (χ3v) is 8.69. The third-order valence-electron chi connectivity index (χ3n) is 8.69. The lowest BCUT2D eigenvalue weighted by Crippen LogP contribution is -2.55. The Bertz CT molecular complexity index is 1250. The summed E-state index contributed by atoms with van der Waals surface area (Å²) in [7, 11) is 1.33. The molecule has 3 aliphatic rings. The molecule has 5 nitrogen and oxygen atoms in total. The Morgan fingerprint density at radius 1 is 0.875 bits per heavy atom. The van der Waals surface area contributed by atoms with Gasteiger partial charge in [0, 0.05) is 17.6 Å². The predicted molar refractivity (Wildman–Crippen MR) is 134 cm³/mol. The van der Waals surface area contributed by atoms with Gasteiger partial charge in [-0.2, -0.15) is 26.3 Å². The minimum Gasteiger partial charge on any atom is -0.490 e. The number of benzene rings is 2. The molecule has 2 aromatic rings. The fourth-order valence-electron chi connectivity index (χ4n) is 6.73. The van der Waals surface area contributed by atoms with Crippen LogP contribution in [0.4, 0.5) is 26.3 Å². The molecule has 2 bridgehead atoms. The molecule has 40 heavy (non-hydrogen) atoms. The van der Waals surface area contributed by atoms with Crippen LogP contribution in [0.25, 0.3) is 10.8 Å². The van der Waals surface area contributed by atoms with Crippen molar-refractivity contribution in [3.63, 3.8) is 0 Å². The largest absolute Gasteiger partial charge is 0.490 e. The van der Waals surface area contributed by atoms with Gasteiger partial charge in [0.1, 0.15) is 11.3 Å². The van der Waals surface area contributed by atoms with E-state index in [0.29, 0.717) is 25.7 Å². The summed E-state index contributed by atoms with van der Waals surface area (Å²) in [4.78, 5) is 27.6. The van der Waals surface area contributed by atoms with E-state index in [1.54, 1.807) is 4.90 Å². The molecule has 2 aromatic carbocycles. The number of carbonyl (C=O) groups excluding carboxylic acids is 2. The smallest absolute Gasteiger partial charge is 0.420 e. The number of rotatable bonds is 4. The number of halogens is 6. The number of ether oxygens (including phenoxy) is 2. The first kappa shape index (κ1) is 28.5. The Balaban J connectivity index is 1.43. The lowest BCUT2D eigenvalue weighted by atomic mass is 9.78. The van der Waals surface area contributed by atoms with E-state index in [4.69, 9.17) is 9.47 Å². The lowest BCUT2D eigenvalue weighted by molar-refractivity contribution is -0.185. The number of carbonyl (C=O) groups is 2. The first-order chi connectivity index (χ1) is 18.9. The average Bonchev–Trinajstić information content (AvgIpc) is 2.90. The summed E-state index contributed by atoms with van der Waals surface area (Å²) >= 11 is 0. The van der Waals surface area contributed by atoms with E-state index < -0.39 is 35.7 Å². The predicted octanol–water partition coefficient (Wildman–Crippen LogP) is 7.30. The highest BCUT2D eigenvalue weighted by molar-refractivity contribution is 6.00. The zero-order valence-corrected chi connectivity index (χ0v) is 22.0. The molecule has 0 radical (unpaired) electrons. The molecule has 218 valence electrons. The van der Waals surface area contributed by atoms with Crippen LogP contribution >= 0.6 is 0 Å². The molecule has 2 aliphatic heterocycles. The molecule has 5 rings (SSSR count). The molecule has 2 saturated heterocycles. The van der Waals surface area contributed by atoms with Crippen molar-refractivity contribution in [1.82, 2.24) is 4.90 Å². The number of fused-ring (bicyclic) bond motifs is 3. The summed E-state index contributed by atoms with van der Waals surface area (Å²) < 4.78 is 92.9. The van der Waals surface area contributed by atoms with Crippen molar-refractivity contribution < 1.29 is 45.4 Å². The molecule has 2 atom stereocenters. The van der Waals surface area contributed by atoms with Gasteiger partial charge in [0.05, 0.1) is 25.0 Å². The first-order valence-corrected chi connectivity index (χ1v) is 13.6. The molecule has 11 heteroatoms. The SMILES string of the molecule is COC(=O)C1CC2CCCC(C1)N2C(=O)c1ccc2ccc(O[C@H]3CC[C@@H](C(F)(F)F)CC3)c(C(F)(F)F)c2c1. The van der Waals surface area contributed by atoms with Crippen LogP contribution in [-0.2, 0) is 15.7 Å². The summed E-state index contributed by atoms with van der Waals surface area (Å²) in [5.74, 6) is -2.94. The van der Waals surface area contributed by atoms with Crippen LogP contribution in [0.15, 0.2) is 30.3 Å². The molecule has 0 aromatic heterocycles. The van der Waals surface area contributed by atoms with Gasteiger partial charge in [-0.1, -0.05) is 12.1 Å². The maximum Gasteiger partial charge on any atom is 0.420 e. The van der Waals surface area contributed by atoms with E-state index in [1.807, 2.05) is 0 Å². The highest BCUT2D eigenvalue weighted by Crippen LogP contribution is 2.45. The normalized spacial score (nSPS) is 27.4. The number of hydrogen-bond donors (Lipinski definition) is 0. The van der Waals surface area contributed by atoms with Gasteiger partial charge in [-0.25, -0.2) is 0 Å². The van der Waals surface area contributed by atoms with Crippen molar-refractivity contribution in [2.75, 3.05) is 7.11 Å². The lowest BCUT2D eigenvalue weighted by Gasteiger charge is -2.48. The maximum absolute atomic E-state index is 14.4. The van der Waals surface area contributed by atoms with Gasteiger partial charge < -0.3 is 14.4 Å². The number of alkyl halides is 6. The van der Waals surface area contributed by atoms with Gasteiger partial charge in [-0.05, 0) is 86.8 Å². The molecular weight excluding hydrogens is 540 g/mol. The van der Waals surface area contributed by atoms with Crippen LogP contribution in [0.5, 0.6) is 5.75 Å². The summed E-state index contributed by atoms with van der Waals surface area (Å²) in [6.45, 7) is 0. The van der Waals surface area contributed by atoms with Gasteiger partial charge in [0.2, 0.25) is 0 Å². The fourth-order valence-corrected chi connectivity index (χ4v) is 6.73. The molecule has 0 N–H and O–H groups in total. The fraction of sp³-hybridized carbons (Fsp3) is 0.586. The number of piperidine rings is 2. The number of amides is 1. The molecule has 1 aliphatic carbocycles. The van der Waals surface area contributed by atoms with Gasteiger partial charge in [0.15, 0.2) is 0 Å². The van der Waals surface area contributed by atoms with Crippen LogP contribution in [-0.4, -0.2) is 48.3 Å². The topological polar surface area (TPSA) is 55.8 Å². The monoisotopic (exact) mass is 571 g/mol. The standard InChI is InChI=1S/C29H31F6NO4/c1-39-27(38)18-13-20-3-2-4-21(14-18)36(20)26(37)17-6-5-16-7-12-24(25(23(16)15-17)29(33,34)35)40-22-10-8-19(9-11-22)28(30,31)32/h5-7,12,15,18-22H,2-4,8-11,13-14H2,1H3/t18?,19-,20?,21?,22+.